The average molecular weight is 324 g/mol. The number of nitrogens with one attached hydrogen (secondary N) is 2. The molecular formula is C14H20N4O3S. The lowest BCUT2D eigenvalue weighted by molar-refractivity contribution is 0.251. The van der Waals surface area contributed by atoms with Crippen molar-refractivity contribution in [2.75, 3.05) is 24.4 Å². The third-order valence-corrected chi connectivity index (χ3v) is 4.90. The lowest BCUT2D eigenvalue weighted by Crippen LogP contribution is -2.29. The van der Waals surface area contributed by atoms with Crippen LogP contribution in [0.3, 0.4) is 0 Å². The molecule has 1 saturated heterocycles. The van der Waals surface area contributed by atoms with E-state index in [1.807, 2.05) is 0 Å². The van der Waals surface area contributed by atoms with Gasteiger partial charge in [-0.05, 0) is 50.4 Å². The van der Waals surface area contributed by atoms with E-state index in [4.69, 9.17) is 10.5 Å². The van der Waals surface area contributed by atoms with E-state index in [9.17, 15) is 8.42 Å². The Morgan fingerprint density at radius 2 is 2.09 bits per heavy atom. The molecule has 22 heavy (non-hydrogen) atoms. The molecule has 2 aliphatic heterocycles. The van der Waals surface area contributed by atoms with Crippen molar-refractivity contribution in [3.63, 3.8) is 0 Å². The molecule has 1 aromatic carbocycles. The minimum atomic E-state index is -3.75. The monoisotopic (exact) mass is 324 g/mol. The molecule has 7 nitrogen and oxygen atoms in total. The Balaban J connectivity index is 1.70. The third kappa shape index (κ3) is 3.33. The van der Waals surface area contributed by atoms with Crippen LogP contribution in [0, 0.1) is 5.92 Å². The lowest BCUT2D eigenvalue weighted by atomic mass is 9.95. The molecule has 0 amide bonds. The van der Waals surface area contributed by atoms with Crippen molar-refractivity contribution in [2.45, 2.75) is 19.3 Å². The molecule has 2 aliphatic rings. The molecular weight excluding hydrogens is 304 g/mol. The van der Waals surface area contributed by atoms with Crippen LogP contribution >= 0.6 is 0 Å². The van der Waals surface area contributed by atoms with E-state index in [1.54, 1.807) is 18.2 Å². The molecule has 0 aliphatic carbocycles. The summed E-state index contributed by atoms with van der Waals surface area (Å²) in [6, 6.07) is 5.16. The topological polar surface area (TPSA) is 106 Å². The van der Waals surface area contributed by atoms with Crippen molar-refractivity contribution in [3.8, 4) is 5.75 Å². The highest BCUT2D eigenvalue weighted by Gasteiger charge is 2.24. The van der Waals surface area contributed by atoms with Gasteiger partial charge in [0.25, 0.3) is 0 Å². The zero-order chi connectivity index (χ0) is 15.6. The van der Waals surface area contributed by atoms with E-state index in [-0.39, 0.29) is 5.84 Å². The first-order chi connectivity index (χ1) is 10.6. The van der Waals surface area contributed by atoms with Crippen LogP contribution in [0.5, 0.6) is 5.75 Å². The number of benzene rings is 1. The van der Waals surface area contributed by atoms with Crippen LogP contribution in [0.2, 0.25) is 0 Å². The van der Waals surface area contributed by atoms with Crippen LogP contribution < -0.4 is 20.5 Å². The molecule has 0 bridgehead atoms. The smallest absolute Gasteiger partial charge is 0.344 e. The SMILES string of the molecule is NC1=NS(=O)(=O)Nc2cccc(OCCC3CCNCC3)c21. The largest absolute Gasteiger partial charge is 0.493 e. The van der Waals surface area contributed by atoms with Gasteiger partial charge in [-0.15, -0.1) is 4.40 Å². The molecule has 1 aromatic rings. The third-order valence-electron chi connectivity index (χ3n) is 3.98. The maximum absolute atomic E-state index is 11.5. The fourth-order valence-electron chi connectivity index (χ4n) is 2.84. The first kappa shape index (κ1) is 15.1. The predicted octanol–water partition coefficient (Wildman–Crippen LogP) is 0.831. The first-order valence-corrected chi connectivity index (χ1v) is 8.84. The van der Waals surface area contributed by atoms with Crippen LogP contribution in [-0.4, -0.2) is 33.9 Å². The zero-order valence-electron chi connectivity index (χ0n) is 12.2. The fourth-order valence-corrected chi connectivity index (χ4v) is 3.69. The summed E-state index contributed by atoms with van der Waals surface area (Å²) in [6.07, 6.45) is 3.31. The minimum Gasteiger partial charge on any atom is -0.493 e. The lowest BCUT2D eigenvalue weighted by Gasteiger charge is -2.23. The van der Waals surface area contributed by atoms with Gasteiger partial charge in [0.15, 0.2) is 5.84 Å². The molecule has 8 heteroatoms. The van der Waals surface area contributed by atoms with Crippen molar-refractivity contribution < 1.29 is 13.2 Å². The summed E-state index contributed by atoms with van der Waals surface area (Å²) in [7, 11) is -3.75. The fraction of sp³-hybridized carbons (Fsp3) is 0.500. The van der Waals surface area contributed by atoms with Gasteiger partial charge in [0.1, 0.15) is 5.75 Å². The molecule has 120 valence electrons. The van der Waals surface area contributed by atoms with Crippen LogP contribution in [0.15, 0.2) is 22.6 Å². The number of rotatable bonds is 4. The van der Waals surface area contributed by atoms with E-state index in [2.05, 4.69) is 14.4 Å². The number of hydrogen-bond acceptors (Lipinski definition) is 5. The number of ether oxygens (including phenoxy) is 1. The molecule has 0 saturated carbocycles. The van der Waals surface area contributed by atoms with E-state index in [0.29, 0.717) is 29.5 Å². The normalized spacial score (nSPS) is 20.6. The van der Waals surface area contributed by atoms with Gasteiger partial charge in [-0.3, -0.25) is 4.72 Å². The highest BCUT2D eigenvalue weighted by molar-refractivity contribution is 7.91. The molecule has 0 spiro atoms. The van der Waals surface area contributed by atoms with E-state index >= 15 is 0 Å². The van der Waals surface area contributed by atoms with Crippen LogP contribution in [0.1, 0.15) is 24.8 Å². The second kappa shape index (κ2) is 6.13. The van der Waals surface area contributed by atoms with Crippen molar-refractivity contribution in [1.29, 1.82) is 0 Å². The second-order valence-electron chi connectivity index (χ2n) is 5.56. The molecule has 0 aromatic heterocycles. The van der Waals surface area contributed by atoms with Gasteiger partial charge in [-0.25, -0.2) is 0 Å². The summed E-state index contributed by atoms with van der Waals surface area (Å²) in [5, 5.41) is 3.34. The molecule has 0 unspecified atom stereocenters. The summed E-state index contributed by atoms with van der Waals surface area (Å²) in [4.78, 5) is 0. The zero-order valence-corrected chi connectivity index (χ0v) is 13.0. The minimum absolute atomic E-state index is 0.0359. The quantitative estimate of drug-likeness (QED) is 0.761. The van der Waals surface area contributed by atoms with E-state index in [1.165, 1.54) is 12.8 Å². The van der Waals surface area contributed by atoms with Crippen LogP contribution in [0.4, 0.5) is 5.69 Å². The van der Waals surface area contributed by atoms with Crippen molar-refractivity contribution in [1.82, 2.24) is 5.32 Å². The molecule has 0 atom stereocenters. The maximum Gasteiger partial charge on any atom is 0.344 e. The van der Waals surface area contributed by atoms with Gasteiger partial charge in [0.05, 0.1) is 17.9 Å². The molecule has 1 fully saturated rings. The van der Waals surface area contributed by atoms with Crippen LogP contribution in [-0.2, 0) is 10.2 Å². The first-order valence-electron chi connectivity index (χ1n) is 7.40. The maximum atomic E-state index is 11.5. The van der Waals surface area contributed by atoms with Gasteiger partial charge in [-0.1, -0.05) is 6.07 Å². The second-order valence-corrected chi connectivity index (χ2v) is 6.90. The van der Waals surface area contributed by atoms with Crippen molar-refractivity contribution in [3.05, 3.63) is 23.8 Å². The standard InChI is InChI=1S/C14H20N4O3S/c15-14-13-11(17-22(19,20)18-14)2-1-3-12(13)21-9-6-10-4-7-16-8-5-10/h1-3,10,16-17H,4-9H2,(H2,15,18). The Bertz CT molecular complexity index is 681. The van der Waals surface area contributed by atoms with Gasteiger partial charge in [0.2, 0.25) is 0 Å². The van der Waals surface area contributed by atoms with Crippen molar-refractivity contribution >= 4 is 21.7 Å². The molecule has 4 N–H and O–H groups in total. The van der Waals surface area contributed by atoms with Crippen molar-refractivity contribution in [2.24, 2.45) is 16.0 Å². The highest BCUT2D eigenvalue weighted by atomic mass is 32.2. The Morgan fingerprint density at radius 3 is 2.86 bits per heavy atom. The van der Waals surface area contributed by atoms with Crippen LogP contribution in [0.25, 0.3) is 0 Å². The Morgan fingerprint density at radius 1 is 1.32 bits per heavy atom. The number of nitrogens with zero attached hydrogens (tertiary/aromatic N) is 1. The number of anilines is 1. The number of fused-ring (bicyclic) bond motifs is 1. The number of nitrogens with two attached hydrogens (primary N) is 1. The number of amidine groups is 1. The van der Waals surface area contributed by atoms with Gasteiger partial charge in [0, 0.05) is 0 Å². The summed E-state index contributed by atoms with van der Waals surface area (Å²) >= 11 is 0. The Labute approximate surface area is 130 Å². The summed E-state index contributed by atoms with van der Waals surface area (Å²) in [5.41, 5.74) is 6.71. The van der Waals surface area contributed by atoms with Gasteiger partial charge >= 0.3 is 10.2 Å². The van der Waals surface area contributed by atoms with Gasteiger partial charge < -0.3 is 15.8 Å². The molecule has 2 heterocycles. The van der Waals surface area contributed by atoms with E-state index < -0.39 is 10.2 Å². The Hall–Kier alpha value is -1.80. The summed E-state index contributed by atoms with van der Waals surface area (Å²) in [5.74, 6) is 1.20. The Kier molecular flexibility index (Phi) is 4.21. The summed E-state index contributed by atoms with van der Waals surface area (Å²) < 4.78 is 34.7. The number of piperidine rings is 1. The molecule has 3 rings (SSSR count). The van der Waals surface area contributed by atoms with E-state index in [0.717, 1.165) is 19.5 Å². The summed E-state index contributed by atoms with van der Waals surface area (Å²) in [6.45, 7) is 2.71. The number of hydrogen-bond donors (Lipinski definition) is 3. The molecule has 0 radical (unpaired) electrons. The predicted molar refractivity (Wildman–Crippen MR) is 85.4 cm³/mol. The van der Waals surface area contributed by atoms with Gasteiger partial charge in [-0.2, -0.15) is 8.42 Å². The average Bonchev–Trinajstić information content (AvgIpc) is 2.46. The highest BCUT2D eigenvalue weighted by Crippen LogP contribution is 2.30.